The fraction of sp³-hybridized carbons (Fsp3) is 0.583. The average molecular weight is 1490 g/mol. The third-order valence-electron chi connectivity index (χ3n) is 14.9. The zero-order valence-corrected chi connectivity index (χ0v) is 61.3. The first-order chi connectivity index (χ1) is 39.9. The third-order valence-corrected chi connectivity index (χ3v) is 18.6. The van der Waals surface area contributed by atoms with E-state index in [0.717, 1.165) is 109 Å². The number of hydrogen-bond donors (Lipinski definition) is 4. The number of halogens is 5. The van der Waals surface area contributed by atoms with E-state index in [1.54, 1.807) is 42.8 Å². The van der Waals surface area contributed by atoms with Gasteiger partial charge in [-0.3, -0.25) is 23.7 Å². The summed E-state index contributed by atoms with van der Waals surface area (Å²) in [6, 6.07) is 0. The van der Waals surface area contributed by atoms with Crippen LogP contribution in [0.25, 0.3) is 30.1 Å². The molecule has 0 bridgehead atoms. The third kappa shape index (κ3) is 23.1. The Kier molecular flexibility index (Phi) is 33.0. The molecule has 19 nitrogen and oxygen atoms in total. The van der Waals surface area contributed by atoms with Crippen molar-refractivity contribution in [2.24, 2.45) is 10.8 Å². The van der Waals surface area contributed by atoms with Crippen LogP contribution in [0.5, 0.6) is 0 Å². The highest BCUT2D eigenvalue weighted by Crippen LogP contribution is 2.61. The monoisotopic (exact) mass is 1490 g/mol. The van der Waals surface area contributed by atoms with Gasteiger partial charge in [-0.25, -0.2) is 36.0 Å². The molecule has 5 aromatic heterocycles. The Balaban J connectivity index is 0.000000519. The number of nitrogens with one attached hydrogen (secondary N) is 1. The number of nitrogens with zero attached hydrogens (tertiary/aromatic N) is 5. The fourth-order valence-electron chi connectivity index (χ4n) is 10.7. The molecule has 0 amide bonds. The number of Topliss-reactive ketones (excluding diaryl/α,β-unsaturated/α-hetero) is 1. The number of rotatable bonds is 6. The molecule has 5 aliphatic carbocycles. The summed E-state index contributed by atoms with van der Waals surface area (Å²) in [5.41, 5.74) is 11.8. The lowest BCUT2D eigenvalue weighted by Crippen LogP contribution is -2.18. The molecule has 28 heteroatoms. The molecule has 0 spiro atoms. The van der Waals surface area contributed by atoms with Crippen LogP contribution in [0.2, 0.25) is 5.15 Å². The maximum absolute atomic E-state index is 11.9. The molecule has 0 aliphatic heterocycles. The molecule has 2 fully saturated rings. The number of carbonyl (C=O) groups excluding carboxylic acids is 4. The van der Waals surface area contributed by atoms with Crippen LogP contribution in [0.3, 0.4) is 0 Å². The highest BCUT2D eigenvalue weighted by atomic mass is 127. The summed E-state index contributed by atoms with van der Waals surface area (Å²) in [4.78, 5) is 92.7. The van der Waals surface area contributed by atoms with Gasteiger partial charge in [-0.2, -0.15) is 0 Å². The minimum atomic E-state index is -3.22. The van der Waals surface area contributed by atoms with E-state index < -0.39 is 23.1 Å². The van der Waals surface area contributed by atoms with Gasteiger partial charge in [0.15, 0.2) is 0 Å². The van der Waals surface area contributed by atoms with Crippen molar-refractivity contribution >= 4 is 164 Å². The Morgan fingerprint density at radius 3 is 1.57 bits per heavy atom. The second-order valence-corrected chi connectivity index (χ2v) is 34.0. The van der Waals surface area contributed by atoms with Crippen LogP contribution >= 0.6 is 109 Å². The van der Waals surface area contributed by atoms with Crippen molar-refractivity contribution < 1.29 is 47.9 Å². The molecule has 0 unspecified atom stereocenters. The van der Waals surface area contributed by atoms with Crippen molar-refractivity contribution in [2.45, 2.75) is 190 Å². The van der Waals surface area contributed by atoms with Crippen molar-refractivity contribution in [3.63, 3.8) is 0 Å². The highest BCUT2D eigenvalue weighted by Gasteiger charge is 2.40. The maximum Gasteiger partial charge on any atom is 0.387 e. The van der Waals surface area contributed by atoms with E-state index in [1.807, 2.05) is 20.8 Å². The molecule has 7 N–H and O–H groups in total. The average Bonchev–Trinajstić information content (AvgIpc) is 1.70. The Morgan fingerprint density at radius 2 is 1.15 bits per heavy atom. The summed E-state index contributed by atoms with van der Waals surface area (Å²) in [5, 5.41) is 7.31. The number of aliphatic carboxylic acids is 1. The number of fused-ring (bicyclic) bond motifs is 7. The smallest absolute Gasteiger partial charge is 0.387 e. The standard InChI is InChI=1S/C12H17NO2S.C12H17NO2.C11H11ClN2S.C11H12N2OS.C7H12O.C5H7NO2.C2H4O2.Cl3OP.HI.H3N/c1-4-15-11(14)8-9-7(16-10(8)13)5-6-12(9,2)3;1-5-15-11(14)10(13-4)9-7-6-8-12(9,2)3;1-11(2)4-3-6-8(11)7-9(12)13-5-14-10(7)15-6;1-11(2)4-3-6-8(11)7-9(14)12-5-13-10(7)15-6;1-7(2)5-3-4-6(7)8;1-3-8-5(7)4-6-2;1-2(3)4;1-5(2,3)4;;/h4-6,13H2,1-3H3;5-8H2,1-3H3;5H,3-4H2,1-2H3;5H,3-4H2,1-2H3,(H,12,13,14);3-5H2,1-2H3;3-4H2,1H3;1H3,(H,3,4);;1H;1H3/b;10-9-;;;;;;;;. The first-order valence-corrected chi connectivity index (χ1v) is 35.3. The van der Waals surface area contributed by atoms with Gasteiger partial charge in [0, 0.05) is 33.4 Å². The number of thiophene rings is 3. The lowest BCUT2D eigenvalue weighted by atomic mass is 9.85. The summed E-state index contributed by atoms with van der Waals surface area (Å²) in [5.74, 6) is -1.56. The minimum Gasteiger partial charge on any atom is -0.481 e. The van der Waals surface area contributed by atoms with E-state index in [2.05, 4.69) is 123 Å². The van der Waals surface area contributed by atoms with Crippen molar-refractivity contribution in [3.8, 4) is 0 Å². The van der Waals surface area contributed by atoms with Crippen LogP contribution in [0.15, 0.2) is 28.7 Å². The molecule has 5 heterocycles. The molecule has 0 atom stereocenters. The summed E-state index contributed by atoms with van der Waals surface area (Å²) in [6.45, 7) is 42.1. The number of anilines is 1. The number of carboxylic acid groups (broad SMARTS) is 1. The van der Waals surface area contributed by atoms with E-state index in [-0.39, 0.29) is 81.0 Å². The van der Waals surface area contributed by atoms with Crippen molar-refractivity contribution in [3.05, 3.63) is 99.2 Å². The predicted molar refractivity (Wildman–Crippen MR) is 369 cm³/mol. The molecule has 10 rings (SSSR count). The van der Waals surface area contributed by atoms with Gasteiger partial charge in [0.25, 0.3) is 17.2 Å². The SMILES string of the molecule is CC(=O)O.CC1(C)CCCC1=O.CC1(C)CCc2sc3nc[nH]c(=O)c3c21.CC1(C)CCc2sc3ncnc(Cl)c3c21.CCOC(=O)c1c(N)sc2c1C(C)(C)CC2.I.N.O=P(Cl)(Cl)Cl.[C-]#[N+]/C(C(=O)OCC)=C1/CCCC1(C)C.[C-]#[N+]CC(=O)OCC. The summed E-state index contributed by atoms with van der Waals surface area (Å²) < 4.78 is 23.9. The van der Waals surface area contributed by atoms with E-state index in [1.165, 1.54) is 49.8 Å². The van der Waals surface area contributed by atoms with E-state index in [0.29, 0.717) is 41.3 Å². The maximum atomic E-state index is 11.9. The number of carbonyl (C=O) groups is 5. The van der Waals surface area contributed by atoms with Crippen LogP contribution in [-0.2, 0) is 73.5 Å². The van der Waals surface area contributed by atoms with Crippen molar-refractivity contribution in [1.82, 2.24) is 26.1 Å². The van der Waals surface area contributed by atoms with Gasteiger partial charge >= 0.3 is 29.7 Å². The van der Waals surface area contributed by atoms with E-state index in [9.17, 15) is 28.5 Å². The number of ketones is 1. The molecule has 0 saturated heterocycles. The first-order valence-electron chi connectivity index (χ1n) is 28.1. The van der Waals surface area contributed by atoms with Gasteiger partial charge < -0.3 is 41.0 Å². The molecular weight excluding hydrogens is 1400 g/mol. The summed E-state index contributed by atoms with van der Waals surface area (Å²) in [6.07, 6.45) is 15.7. The second-order valence-electron chi connectivity index (χ2n) is 23.7. The Bertz CT molecular complexity index is 3470. The van der Waals surface area contributed by atoms with E-state index >= 15 is 0 Å². The lowest BCUT2D eigenvalue weighted by molar-refractivity contribution is -0.141. The van der Waals surface area contributed by atoms with Gasteiger partial charge in [0.2, 0.25) is 0 Å². The van der Waals surface area contributed by atoms with Gasteiger partial charge in [-0.1, -0.05) is 86.4 Å². The number of ether oxygens (including phenoxy) is 3. The lowest BCUT2D eigenvalue weighted by Gasteiger charge is -2.20. The van der Waals surface area contributed by atoms with Crippen LogP contribution in [0, 0.1) is 24.0 Å². The number of hydrogen-bond acceptors (Lipinski definition) is 18. The zero-order chi connectivity index (χ0) is 65.3. The first kappa shape index (κ1) is 81.7. The largest absolute Gasteiger partial charge is 0.481 e. The number of esters is 3. The number of nitrogen functional groups attached to an aromatic ring is 1. The molecule has 88 heavy (non-hydrogen) atoms. The van der Waals surface area contributed by atoms with Crippen LogP contribution in [-0.4, -0.2) is 81.1 Å². The number of aromatic amines is 1. The van der Waals surface area contributed by atoms with E-state index in [4.69, 9.17) is 49.9 Å². The van der Waals surface area contributed by atoms with Crippen LogP contribution in [0.4, 0.5) is 5.00 Å². The number of aryl methyl sites for hydroxylation is 3. The quantitative estimate of drug-likeness (QED) is 0.0234. The summed E-state index contributed by atoms with van der Waals surface area (Å²) in [7, 11) is 0. The Morgan fingerprint density at radius 1 is 0.693 bits per heavy atom. The highest BCUT2D eigenvalue weighted by molar-refractivity contribution is 14.0. The topological polar surface area (TPSA) is 292 Å². The number of nitrogens with two attached hydrogens (primary N) is 1. The van der Waals surface area contributed by atoms with Crippen molar-refractivity contribution in [1.29, 1.82) is 0 Å². The minimum absolute atomic E-state index is 0. The Labute approximate surface area is 565 Å². The Hall–Kier alpha value is -4.27. The van der Waals surface area contributed by atoms with Crippen LogP contribution in [0.1, 0.15) is 196 Å². The van der Waals surface area contributed by atoms with Crippen molar-refractivity contribution in [2.75, 3.05) is 32.1 Å². The zero-order valence-electron chi connectivity index (χ0n) is 52.6. The molecule has 5 aliphatic rings. The second kappa shape index (κ2) is 35.5. The molecule has 0 radical (unpaired) electrons. The molecule has 5 aromatic rings. The van der Waals surface area contributed by atoms with Gasteiger partial charge in [-0.05, 0) is 163 Å². The molecule has 488 valence electrons. The molecule has 2 saturated carbocycles. The van der Waals surface area contributed by atoms with Gasteiger partial charge in [0.1, 0.15) is 31.9 Å². The number of H-pyrrole nitrogens is 1. The number of allylic oxidation sites excluding steroid dienone is 1. The van der Waals surface area contributed by atoms with Crippen LogP contribution < -0.4 is 17.4 Å². The predicted octanol–water partition coefficient (Wildman–Crippen LogP) is 17.4. The number of carboxylic acids is 1. The summed E-state index contributed by atoms with van der Waals surface area (Å²) >= 11 is 25.0. The fourth-order valence-corrected chi connectivity index (χ4v) is 14.8. The normalized spacial score (nSPS) is 17.2. The molecular formula is C60H84Cl4IN8O11PS3. The van der Waals surface area contributed by atoms with Gasteiger partial charge in [0.05, 0.1) is 49.1 Å². The van der Waals surface area contributed by atoms with Gasteiger partial charge in [-0.15, -0.1) is 58.0 Å². The molecule has 0 aromatic carbocycles. The number of aromatic nitrogens is 4.